The summed E-state index contributed by atoms with van der Waals surface area (Å²) in [4.78, 5) is 0.415. The molecule has 1 aromatic heterocycles. The van der Waals surface area contributed by atoms with Crippen LogP contribution in [0.15, 0.2) is 58.8 Å². The summed E-state index contributed by atoms with van der Waals surface area (Å²) in [5, 5.41) is 9.43. The van der Waals surface area contributed by atoms with E-state index in [0.29, 0.717) is 38.3 Å². The molecule has 0 unspecified atom stereocenters. The number of ether oxygens (including phenoxy) is 1. The molecule has 0 radical (unpaired) electrons. The number of nitrogens with zero attached hydrogens (tertiary/aromatic N) is 3. The fourth-order valence-electron chi connectivity index (χ4n) is 2.27. The van der Waals surface area contributed by atoms with Gasteiger partial charge in [-0.3, -0.25) is 4.57 Å². The van der Waals surface area contributed by atoms with Gasteiger partial charge in [0.25, 0.3) is 5.76 Å². The first-order chi connectivity index (χ1) is 12.6. The second-order valence-electron chi connectivity index (χ2n) is 5.12. The number of benzene rings is 2. The number of methoxy groups -OCH3 is 1. The van der Waals surface area contributed by atoms with E-state index in [9.17, 15) is 8.78 Å². The minimum absolute atomic E-state index is 0.415. The van der Waals surface area contributed by atoms with E-state index >= 15 is 0 Å². The second-order valence-corrected chi connectivity index (χ2v) is 7.53. The van der Waals surface area contributed by atoms with Gasteiger partial charge in [0.15, 0.2) is 5.16 Å². The van der Waals surface area contributed by atoms with Crippen molar-refractivity contribution in [3.05, 3.63) is 59.4 Å². The van der Waals surface area contributed by atoms with Crippen molar-refractivity contribution in [3.8, 4) is 11.4 Å². The molecule has 2 aromatic carbocycles. The summed E-state index contributed by atoms with van der Waals surface area (Å²) >= 11 is 7.99. The van der Waals surface area contributed by atoms with Gasteiger partial charge < -0.3 is 4.74 Å². The minimum Gasteiger partial charge on any atom is -0.496 e. The van der Waals surface area contributed by atoms with Crippen LogP contribution < -0.4 is 4.74 Å². The van der Waals surface area contributed by atoms with E-state index in [4.69, 9.17) is 16.3 Å². The van der Waals surface area contributed by atoms with Gasteiger partial charge >= 0.3 is 0 Å². The molecule has 0 saturated carbocycles. The summed E-state index contributed by atoms with van der Waals surface area (Å²) in [6.45, 7) is 0. The number of rotatable bonds is 7. The molecule has 0 atom stereocenters. The highest BCUT2D eigenvalue weighted by molar-refractivity contribution is 7.99. The molecule has 0 N–H and O–H groups in total. The van der Waals surface area contributed by atoms with Crippen LogP contribution >= 0.6 is 35.1 Å². The van der Waals surface area contributed by atoms with Crippen molar-refractivity contribution in [1.29, 1.82) is 0 Å². The van der Waals surface area contributed by atoms with Crippen LogP contribution in [0, 0.1) is 0 Å². The highest BCUT2D eigenvalue weighted by Crippen LogP contribution is 2.35. The smallest absolute Gasteiger partial charge is 0.289 e. The molecule has 26 heavy (non-hydrogen) atoms. The molecule has 0 amide bonds. The van der Waals surface area contributed by atoms with Crippen molar-refractivity contribution in [2.75, 3.05) is 7.11 Å². The topological polar surface area (TPSA) is 39.9 Å². The zero-order valence-corrected chi connectivity index (χ0v) is 16.0. The summed E-state index contributed by atoms with van der Waals surface area (Å²) in [6, 6.07) is 12.6. The molecule has 0 spiro atoms. The first kappa shape index (κ1) is 19.0. The van der Waals surface area contributed by atoms with Crippen LogP contribution in [0.4, 0.5) is 8.78 Å². The Kier molecular flexibility index (Phi) is 6.39. The summed E-state index contributed by atoms with van der Waals surface area (Å²) < 4.78 is 32.2. The van der Waals surface area contributed by atoms with Gasteiger partial charge in [-0.25, -0.2) is 0 Å². The molecule has 3 aromatic rings. The molecule has 1 heterocycles. The molecule has 9 heteroatoms. The number of hydrogen-bond acceptors (Lipinski definition) is 5. The normalized spacial score (nSPS) is 11.1. The van der Waals surface area contributed by atoms with Gasteiger partial charge in [-0.1, -0.05) is 47.3 Å². The molecule has 0 fully saturated rings. The lowest BCUT2D eigenvalue weighted by Crippen LogP contribution is -1.96. The predicted octanol–water partition coefficient (Wildman–Crippen LogP) is 5.54. The van der Waals surface area contributed by atoms with E-state index in [-0.39, 0.29) is 0 Å². The Morgan fingerprint density at radius 1 is 1.23 bits per heavy atom. The lowest BCUT2D eigenvalue weighted by atomic mass is 10.2. The Morgan fingerprint density at radius 3 is 2.81 bits per heavy atom. The largest absolute Gasteiger partial charge is 0.496 e. The van der Waals surface area contributed by atoms with Gasteiger partial charge in [-0.05, 0) is 35.9 Å². The maximum atomic E-state index is 12.6. The average Bonchev–Trinajstić information content (AvgIpc) is 3.09. The minimum atomic E-state index is -2.49. The molecular formula is C17H14ClF2N3OS2. The standard InChI is InChI=1S/C17H14ClF2N3OS2/c1-24-14-7-11(5-6-15(14)26-16(19)20)9-25-17-22-21-10-23(17)13-4-2-3-12(18)8-13/h2-8,10,16H,9H2,1H3. The molecule has 4 nitrogen and oxygen atoms in total. The van der Waals surface area contributed by atoms with E-state index in [1.54, 1.807) is 30.6 Å². The molecule has 3 rings (SSSR count). The number of alkyl halides is 2. The van der Waals surface area contributed by atoms with Crippen molar-refractivity contribution >= 4 is 35.1 Å². The molecule has 136 valence electrons. The summed E-state index contributed by atoms with van der Waals surface area (Å²) in [5.41, 5.74) is 1.80. The lowest BCUT2D eigenvalue weighted by Gasteiger charge is -2.10. The van der Waals surface area contributed by atoms with Crippen LogP contribution in [-0.2, 0) is 5.75 Å². The second kappa shape index (κ2) is 8.75. The summed E-state index contributed by atoms with van der Waals surface area (Å²) in [5.74, 6) is -1.46. The fourth-order valence-corrected chi connectivity index (χ4v) is 3.92. The first-order valence-electron chi connectivity index (χ1n) is 7.47. The van der Waals surface area contributed by atoms with E-state index in [1.807, 2.05) is 22.8 Å². The van der Waals surface area contributed by atoms with Crippen LogP contribution in [0.1, 0.15) is 5.56 Å². The van der Waals surface area contributed by atoms with Gasteiger partial charge in [0.1, 0.15) is 12.1 Å². The van der Waals surface area contributed by atoms with Crippen LogP contribution in [0.25, 0.3) is 5.69 Å². The maximum Gasteiger partial charge on any atom is 0.289 e. The Bertz CT molecular complexity index is 892. The highest BCUT2D eigenvalue weighted by Gasteiger charge is 2.13. The van der Waals surface area contributed by atoms with Gasteiger partial charge in [0.05, 0.1) is 17.7 Å². The van der Waals surface area contributed by atoms with Crippen molar-refractivity contribution in [1.82, 2.24) is 14.8 Å². The van der Waals surface area contributed by atoms with Crippen molar-refractivity contribution in [2.45, 2.75) is 21.6 Å². The van der Waals surface area contributed by atoms with Crippen molar-refractivity contribution in [3.63, 3.8) is 0 Å². The van der Waals surface area contributed by atoms with E-state index in [1.165, 1.54) is 18.9 Å². The molecule has 0 aliphatic carbocycles. The predicted molar refractivity (Wildman–Crippen MR) is 101 cm³/mol. The third-order valence-electron chi connectivity index (χ3n) is 3.41. The Labute approximate surface area is 162 Å². The summed E-state index contributed by atoms with van der Waals surface area (Å²) in [6.07, 6.45) is 1.62. The number of halogens is 3. The highest BCUT2D eigenvalue weighted by atomic mass is 35.5. The van der Waals surface area contributed by atoms with Crippen molar-refractivity contribution < 1.29 is 13.5 Å². The third kappa shape index (κ3) is 4.69. The van der Waals surface area contributed by atoms with Gasteiger partial charge in [-0.15, -0.1) is 10.2 Å². The zero-order valence-electron chi connectivity index (χ0n) is 13.6. The Morgan fingerprint density at radius 2 is 2.08 bits per heavy atom. The van der Waals surface area contributed by atoms with E-state index < -0.39 is 5.76 Å². The SMILES string of the molecule is COc1cc(CSc2nncn2-c2cccc(Cl)c2)ccc1SC(F)F. The first-order valence-corrected chi connectivity index (χ1v) is 9.71. The number of hydrogen-bond donors (Lipinski definition) is 0. The monoisotopic (exact) mass is 413 g/mol. The average molecular weight is 414 g/mol. The number of aromatic nitrogens is 3. The van der Waals surface area contributed by atoms with Crippen LogP contribution in [-0.4, -0.2) is 27.6 Å². The molecule has 0 aliphatic heterocycles. The zero-order chi connectivity index (χ0) is 18.5. The molecule has 0 saturated heterocycles. The Balaban J connectivity index is 1.75. The van der Waals surface area contributed by atoms with E-state index in [2.05, 4.69) is 10.2 Å². The third-order valence-corrected chi connectivity index (χ3v) is 5.43. The molecule has 0 bridgehead atoms. The van der Waals surface area contributed by atoms with Gasteiger partial charge in [-0.2, -0.15) is 8.78 Å². The Hall–Kier alpha value is -1.77. The summed E-state index contributed by atoms with van der Waals surface area (Å²) in [7, 11) is 1.47. The van der Waals surface area contributed by atoms with Gasteiger partial charge in [0, 0.05) is 10.8 Å². The van der Waals surface area contributed by atoms with Crippen LogP contribution in [0.2, 0.25) is 5.02 Å². The maximum absolute atomic E-state index is 12.6. The van der Waals surface area contributed by atoms with Gasteiger partial charge in [0.2, 0.25) is 0 Å². The molecular weight excluding hydrogens is 400 g/mol. The van der Waals surface area contributed by atoms with E-state index in [0.717, 1.165) is 11.3 Å². The fraction of sp³-hybridized carbons (Fsp3) is 0.176. The molecule has 0 aliphatic rings. The van der Waals surface area contributed by atoms with Crippen LogP contribution in [0.5, 0.6) is 5.75 Å². The lowest BCUT2D eigenvalue weighted by molar-refractivity contribution is 0.251. The van der Waals surface area contributed by atoms with Crippen LogP contribution in [0.3, 0.4) is 0 Å². The quantitative estimate of drug-likeness (QED) is 0.476. The van der Waals surface area contributed by atoms with Crippen molar-refractivity contribution in [2.24, 2.45) is 0 Å². The number of thioether (sulfide) groups is 2.